The molecule has 32 nitrogen and oxygen atoms in total. The van der Waals surface area contributed by atoms with E-state index in [-0.39, 0.29) is 11.8 Å². The third-order valence-electron chi connectivity index (χ3n) is 16.8. The first-order valence-corrected chi connectivity index (χ1v) is 32.4. The van der Waals surface area contributed by atoms with Gasteiger partial charge in [0.2, 0.25) is 10.6 Å². The van der Waals surface area contributed by atoms with Crippen molar-refractivity contribution in [2.75, 3.05) is 104 Å². The fourth-order valence-corrected chi connectivity index (χ4v) is 12.4. The van der Waals surface area contributed by atoms with Crippen molar-refractivity contribution < 1.29 is 66.9 Å². The van der Waals surface area contributed by atoms with E-state index in [2.05, 4.69) is 55.2 Å². The highest BCUT2D eigenvalue weighted by molar-refractivity contribution is 14.1. The Balaban J connectivity index is 0.000000109. The Hall–Kier alpha value is -9.71. The Kier molecular flexibility index (Phi) is 19.5. The van der Waals surface area contributed by atoms with Crippen LogP contribution >= 0.6 is 22.6 Å². The Labute approximate surface area is 554 Å². The smallest absolute Gasteiger partial charge is 0.377 e. The van der Waals surface area contributed by atoms with Crippen LogP contribution < -0.4 is 58.4 Å². The number of anilines is 1. The maximum absolute atomic E-state index is 12.6. The molecular formula is C62H65IN18O14. The molecular weight excluding hydrogens is 1350 g/mol. The number of halogens is 1. The van der Waals surface area contributed by atoms with Gasteiger partial charge in [0.05, 0.1) is 75.8 Å². The number of fused-ring (bicyclic) bond motifs is 10. The Morgan fingerprint density at radius 1 is 0.432 bits per heavy atom. The summed E-state index contributed by atoms with van der Waals surface area (Å²) >= 11 is 1.92. The Morgan fingerprint density at radius 2 is 0.811 bits per heavy atom. The lowest BCUT2D eigenvalue weighted by atomic mass is 10.1. The zero-order chi connectivity index (χ0) is 65.5. The zero-order valence-electron chi connectivity index (χ0n) is 51.5. The number of nitrogens with zero attached hydrogens (tertiary/aromatic N) is 17. The van der Waals surface area contributed by atoms with E-state index in [9.17, 15) is 36.0 Å². The molecule has 0 atom stereocenters. The predicted octanol–water partition coefficient (Wildman–Crippen LogP) is 1.08. The van der Waals surface area contributed by atoms with Crippen molar-refractivity contribution >= 4 is 90.0 Å². The maximum atomic E-state index is 12.6. The molecule has 0 unspecified atom stereocenters. The molecule has 0 aliphatic carbocycles. The summed E-state index contributed by atoms with van der Waals surface area (Å²) in [5.41, 5.74) is 15.3. The number of aryl methyl sites for hydroxylation is 3. The number of carbonyl (C=O) groups is 1. The molecule has 2 fully saturated rings. The highest BCUT2D eigenvalue weighted by Gasteiger charge is 2.28. The van der Waals surface area contributed by atoms with E-state index in [0.29, 0.717) is 159 Å². The van der Waals surface area contributed by atoms with E-state index in [0.717, 1.165) is 172 Å². The molecule has 5 aromatic carbocycles. The third kappa shape index (κ3) is 14.8. The summed E-state index contributed by atoms with van der Waals surface area (Å²) in [6, 6.07) is 17.7. The molecule has 12 heterocycles. The molecule has 2 N–H and O–H groups in total. The first kappa shape index (κ1) is 64.0. The van der Waals surface area contributed by atoms with Crippen LogP contribution in [0.5, 0.6) is 28.7 Å². The van der Waals surface area contributed by atoms with Gasteiger partial charge in [0.25, 0.3) is 31.8 Å². The molecule has 95 heavy (non-hydrogen) atoms. The number of carbonyl (C=O) groups excluding carboxylic acids is 1. The zero-order valence-corrected chi connectivity index (χ0v) is 53.7. The lowest BCUT2D eigenvalue weighted by Crippen LogP contribution is -2.45. The van der Waals surface area contributed by atoms with Gasteiger partial charge in [0, 0.05) is 204 Å². The van der Waals surface area contributed by atoms with E-state index in [4.69, 9.17) is 38.9 Å². The van der Waals surface area contributed by atoms with Crippen LogP contribution in [-0.4, -0.2) is 160 Å². The van der Waals surface area contributed by atoms with Crippen LogP contribution in [0.15, 0.2) is 60.7 Å². The SMILES string of the molecule is Nc1nc2cc3c(cc2[n+]([O-])n1)CCO3.O=CCCc1nc2cc3c(cc2[n+]([O-])n1)CCO3.[O-][n+]1nc(CCCN2CCOCC2)[n+]([O-])c2cc3c(cc21)CCO3.[O-][n+]1nc(CCCN2CCOCC2)nc2cc3c(cc21)CCO3.[O-][n+]1nc(I)nc2cc3c(cc21)CCO3. The lowest BCUT2D eigenvalue weighted by molar-refractivity contribution is -0.685. The molecule has 0 bridgehead atoms. The van der Waals surface area contributed by atoms with Crippen molar-refractivity contribution in [1.82, 2.24) is 55.2 Å². The number of hydrogen-bond donors (Lipinski definition) is 1. The standard InChI is InChI=1S/C16H20N4O4.C16H20N4O3.C12H11N3O3.C9H6IN3O2.C9H8N4O2/c21-19-13-11-15-12(3-7-24-15)10-14(13)20(22)17-16(19)2-1-4-18-5-8-23-9-6-18;21-20-14-10-12-3-7-23-15(12)11-13(14)17-16(18-20)2-1-4-19-5-8-22-9-6-19;16-4-1-2-12-13-9-7-11-8(3-5-18-11)6-10(9)15(17)14-12;2*10-9-11-6-4-8-5(1-2-15-8)3-7(6)13(14)12-9/h10-11H,1-9H2;10-11H,1-9H2;4,6-7H,1-3,5H2;3-4H,1-2H2;3-4H,1-2H2,(H2,10,11,12). The summed E-state index contributed by atoms with van der Waals surface area (Å²) in [5.74, 6) is 5.12. The molecule has 17 rings (SSSR count). The quantitative estimate of drug-likeness (QED) is 0.0819. The molecule has 0 spiro atoms. The average molecular weight is 1410 g/mol. The monoisotopic (exact) mass is 1410 g/mol. The van der Waals surface area contributed by atoms with Gasteiger partial charge in [-0.15, -0.1) is 0 Å². The summed E-state index contributed by atoms with van der Waals surface area (Å²) in [6.07, 6.45) is 8.42. The number of ether oxygens (including phenoxy) is 7. The van der Waals surface area contributed by atoms with E-state index >= 15 is 0 Å². The third-order valence-corrected chi connectivity index (χ3v) is 17.2. The molecule has 2 saturated heterocycles. The second-order valence-electron chi connectivity index (χ2n) is 23.0. The summed E-state index contributed by atoms with van der Waals surface area (Å²) in [6.45, 7) is 12.0. The molecule has 7 aliphatic rings. The van der Waals surface area contributed by atoms with Crippen LogP contribution in [0.1, 0.15) is 64.6 Å². The molecule has 494 valence electrons. The van der Waals surface area contributed by atoms with Crippen molar-refractivity contribution in [2.24, 2.45) is 0 Å². The number of benzene rings is 5. The molecule has 0 saturated carbocycles. The topological polar surface area (TPSA) is 392 Å². The highest BCUT2D eigenvalue weighted by Crippen LogP contribution is 2.33. The van der Waals surface area contributed by atoms with Crippen LogP contribution in [0.4, 0.5) is 5.95 Å². The van der Waals surface area contributed by atoms with E-state index in [1.54, 1.807) is 48.5 Å². The Morgan fingerprint density at radius 3 is 1.27 bits per heavy atom. The fourth-order valence-electron chi connectivity index (χ4n) is 11.9. The average Bonchev–Trinajstić information content (AvgIpc) is 1.83. The van der Waals surface area contributed by atoms with Gasteiger partial charge < -0.3 is 74.9 Å². The van der Waals surface area contributed by atoms with Gasteiger partial charge in [-0.2, -0.15) is 0 Å². The molecule has 5 aromatic heterocycles. The van der Waals surface area contributed by atoms with Gasteiger partial charge >= 0.3 is 11.3 Å². The lowest BCUT2D eigenvalue weighted by Gasteiger charge is -2.26. The largest absolute Gasteiger partial charge is 0.710 e. The van der Waals surface area contributed by atoms with Crippen LogP contribution in [0, 0.1) is 35.1 Å². The van der Waals surface area contributed by atoms with E-state index in [1.165, 1.54) is 0 Å². The minimum Gasteiger partial charge on any atom is -0.710 e. The van der Waals surface area contributed by atoms with Crippen molar-refractivity contribution in [3.05, 3.63) is 141 Å². The molecule has 0 amide bonds. The number of aromatic nitrogens is 15. The summed E-state index contributed by atoms with van der Waals surface area (Å²) < 4.78 is 39.1. The van der Waals surface area contributed by atoms with Crippen molar-refractivity contribution in [3.63, 3.8) is 0 Å². The van der Waals surface area contributed by atoms with Crippen LogP contribution in [0.2, 0.25) is 0 Å². The number of hydrogen-bond acceptors (Lipinski definition) is 26. The van der Waals surface area contributed by atoms with Gasteiger partial charge in [-0.25, -0.2) is 24.7 Å². The van der Waals surface area contributed by atoms with Gasteiger partial charge in [0.1, 0.15) is 57.1 Å². The number of aldehydes is 1. The normalized spacial score (nSPS) is 15.8. The van der Waals surface area contributed by atoms with Gasteiger partial charge in [0.15, 0.2) is 11.6 Å². The first-order valence-electron chi connectivity index (χ1n) is 31.3. The predicted molar refractivity (Wildman–Crippen MR) is 342 cm³/mol. The summed E-state index contributed by atoms with van der Waals surface area (Å²) in [7, 11) is 0. The summed E-state index contributed by atoms with van der Waals surface area (Å²) in [4.78, 5) is 34.9. The summed E-state index contributed by atoms with van der Waals surface area (Å²) in [5, 5.41) is 90.8. The minimum absolute atomic E-state index is 0.0320. The maximum Gasteiger partial charge on any atom is 0.377 e. The number of rotatable bonds is 11. The molecule has 7 aliphatic heterocycles. The number of nitrogens with two attached hydrogens (primary N) is 1. The van der Waals surface area contributed by atoms with Gasteiger partial charge in [-0.1, -0.05) is 0 Å². The molecule has 10 aromatic rings. The Bertz CT molecular complexity index is 4430. The second kappa shape index (κ2) is 28.9. The van der Waals surface area contributed by atoms with Crippen LogP contribution in [0.25, 0.3) is 55.2 Å². The van der Waals surface area contributed by atoms with Crippen LogP contribution in [0.3, 0.4) is 0 Å². The molecule has 0 radical (unpaired) electrons. The van der Waals surface area contributed by atoms with Crippen LogP contribution in [-0.2, 0) is 65.6 Å². The van der Waals surface area contributed by atoms with E-state index < -0.39 is 0 Å². The van der Waals surface area contributed by atoms with E-state index in [1.807, 2.05) is 34.7 Å². The highest BCUT2D eigenvalue weighted by atomic mass is 127. The van der Waals surface area contributed by atoms with Gasteiger partial charge in [-0.05, 0) is 45.3 Å². The fraction of sp³-hybridized carbons (Fsp3) is 0.419. The van der Waals surface area contributed by atoms with Crippen molar-refractivity contribution in [2.45, 2.75) is 70.6 Å². The first-order chi connectivity index (χ1) is 46.3. The minimum atomic E-state index is -0.0320. The van der Waals surface area contributed by atoms with Crippen molar-refractivity contribution in [1.29, 1.82) is 0 Å². The molecule has 33 heteroatoms. The van der Waals surface area contributed by atoms with Crippen molar-refractivity contribution in [3.8, 4) is 28.7 Å². The number of morpholine rings is 2. The second-order valence-corrected chi connectivity index (χ2v) is 24.0. The van der Waals surface area contributed by atoms with Gasteiger partial charge in [-0.3, -0.25) is 9.80 Å². The number of nitrogen functional groups attached to an aromatic ring is 1.